The highest BCUT2D eigenvalue weighted by molar-refractivity contribution is 5.09. The van der Waals surface area contributed by atoms with Crippen molar-refractivity contribution in [3.8, 4) is 0 Å². The number of nitrogens with zero attached hydrogens (tertiary/aromatic N) is 2. The number of hydrogen-bond donors (Lipinski definition) is 1. The molecule has 0 radical (unpaired) electrons. The molecule has 3 heteroatoms. The fraction of sp³-hybridized carbons (Fsp3) is 0.750. The van der Waals surface area contributed by atoms with E-state index in [-0.39, 0.29) is 0 Å². The fourth-order valence-corrected chi connectivity index (χ4v) is 1.98. The highest BCUT2D eigenvalue weighted by Gasteiger charge is 2.31. The number of aromatic nitrogens is 2. The van der Waals surface area contributed by atoms with E-state index in [1.165, 1.54) is 17.8 Å². The molecule has 1 N–H and O–H groups in total. The average Bonchev–Trinajstić information content (AvgIpc) is 2.78. The molecule has 1 aliphatic carbocycles. The lowest BCUT2D eigenvalue weighted by atomic mass is 10.3. The Morgan fingerprint density at radius 3 is 2.87 bits per heavy atom. The second kappa shape index (κ2) is 4.35. The summed E-state index contributed by atoms with van der Waals surface area (Å²) in [7, 11) is 2.02. The summed E-state index contributed by atoms with van der Waals surface area (Å²) in [6.07, 6.45) is 2.42. The molecule has 1 saturated carbocycles. The maximum absolute atomic E-state index is 4.43. The second-order valence-electron chi connectivity index (χ2n) is 4.71. The summed E-state index contributed by atoms with van der Waals surface area (Å²) in [6.45, 7) is 6.58. The van der Waals surface area contributed by atoms with Gasteiger partial charge in [-0.05, 0) is 37.3 Å². The lowest BCUT2D eigenvalue weighted by molar-refractivity contribution is 0.581. The molecule has 0 aromatic carbocycles. The van der Waals surface area contributed by atoms with E-state index >= 15 is 0 Å². The Hall–Kier alpha value is -0.830. The molecule has 0 bridgehead atoms. The van der Waals surface area contributed by atoms with Crippen LogP contribution in [-0.4, -0.2) is 16.3 Å². The van der Waals surface area contributed by atoms with Gasteiger partial charge in [-0.2, -0.15) is 5.10 Å². The minimum absolute atomic E-state index is 0.920. The normalized spacial score (nSPS) is 24.5. The first-order valence-electron chi connectivity index (χ1n) is 5.93. The Kier molecular flexibility index (Phi) is 3.10. The van der Waals surface area contributed by atoms with Gasteiger partial charge in [0.15, 0.2) is 0 Å². The van der Waals surface area contributed by atoms with Crippen molar-refractivity contribution in [2.24, 2.45) is 18.9 Å². The topological polar surface area (TPSA) is 29.9 Å². The zero-order valence-electron chi connectivity index (χ0n) is 9.95. The van der Waals surface area contributed by atoms with Crippen LogP contribution in [0.5, 0.6) is 0 Å². The Morgan fingerprint density at radius 2 is 2.33 bits per heavy atom. The summed E-state index contributed by atoms with van der Waals surface area (Å²) < 4.78 is 1.99. The highest BCUT2D eigenvalue weighted by Crippen LogP contribution is 2.36. The minimum Gasteiger partial charge on any atom is -0.311 e. The molecule has 15 heavy (non-hydrogen) atoms. The van der Waals surface area contributed by atoms with Crippen molar-refractivity contribution < 1.29 is 0 Å². The van der Waals surface area contributed by atoms with E-state index in [2.05, 4.69) is 30.3 Å². The lowest BCUT2D eigenvalue weighted by Gasteiger charge is -2.03. The molecular formula is C12H21N3. The molecule has 1 aromatic rings. The standard InChI is InChI=1S/C12H21N3/c1-4-11-6-12(15(3)14-11)8-13-7-10-5-9(10)2/h6,9-10,13H,4-5,7-8H2,1-3H3. The number of rotatable bonds is 5. The van der Waals surface area contributed by atoms with Crippen LogP contribution in [0.2, 0.25) is 0 Å². The van der Waals surface area contributed by atoms with E-state index in [1.807, 2.05) is 11.7 Å². The second-order valence-corrected chi connectivity index (χ2v) is 4.71. The largest absolute Gasteiger partial charge is 0.311 e. The predicted molar refractivity (Wildman–Crippen MR) is 61.6 cm³/mol. The molecule has 0 amide bonds. The summed E-state index contributed by atoms with van der Waals surface area (Å²) in [5, 5.41) is 7.95. The van der Waals surface area contributed by atoms with E-state index in [9.17, 15) is 0 Å². The first-order valence-corrected chi connectivity index (χ1v) is 5.93. The molecule has 1 aliphatic rings. The first-order chi connectivity index (χ1) is 7.20. The lowest BCUT2D eigenvalue weighted by Crippen LogP contribution is -2.18. The van der Waals surface area contributed by atoms with Crippen molar-refractivity contribution in [3.05, 3.63) is 17.5 Å². The average molecular weight is 207 g/mol. The molecular weight excluding hydrogens is 186 g/mol. The molecule has 0 spiro atoms. The molecule has 2 atom stereocenters. The van der Waals surface area contributed by atoms with Crippen LogP contribution in [0.25, 0.3) is 0 Å². The summed E-state index contributed by atoms with van der Waals surface area (Å²) in [5.74, 6) is 1.86. The van der Waals surface area contributed by atoms with Gasteiger partial charge < -0.3 is 5.32 Å². The van der Waals surface area contributed by atoms with Crippen LogP contribution in [0.4, 0.5) is 0 Å². The van der Waals surface area contributed by atoms with Gasteiger partial charge in [0, 0.05) is 13.6 Å². The molecule has 0 aliphatic heterocycles. The van der Waals surface area contributed by atoms with Gasteiger partial charge in [-0.15, -0.1) is 0 Å². The molecule has 1 heterocycles. The molecule has 1 fully saturated rings. The van der Waals surface area contributed by atoms with E-state index in [4.69, 9.17) is 0 Å². The van der Waals surface area contributed by atoms with E-state index in [0.717, 1.165) is 31.3 Å². The van der Waals surface area contributed by atoms with E-state index in [0.29, 0.717) is 0 Å². The minimum atomic E-state index is 0.920. The van der Waals surface area contributed by atoms with Crippen LogP contribution in [0.1, 0.15) is 31.7 Å². The SMILES string of the molecule is CCc1cc(CNCC2CC2C)n(C)n1. The smallest absolute Gasteiger partial charge is 0.0625 e. The van der Waals surface area contributed by atoms with Crippen molar-refractivity contribution in [1.82, 2.24) is 15.1 Å². The highest BCUT2D eigenvalue weighted by atomic mass is 15.3. The monoisotopic (exact) mass is 207 g/mol. The van der Waals surface area contributed by atoms with Gasteiger partial charge in [0.05, 0.1) is 11.4 Å². The number of aryl methyl sites for hydroxylation is 2. The van der Waals surface area contributed by atoms with Crippen molar-refractivity contribution in [2.45, 2.75) is 33.2 Å². The van der Waals surface area contributed by atoms with Crippen LogP contribution in [-0.2, 0) is 20.0 Å². The molecule has 84 valence electrons. The van der Waals surface area contributed by atoms with Crippen LogP contribution in [0.15, 0.2) is 6.07 Å². The summed E-state index contributed by atoms with van der Waals surface area (Å²) in [5.41, 5.74) is 2.48. The summed E-state index contributed by atoms with van der Waals surface area (Å²) >= 11 is 0. The van der Waals surface area contributed by atoms with Gasteiger partial charge >= 0.3 is 0 Å². The maximum atomic E-state index is 4.43. The van der Waals surface area contributed by atoms with Gasteiger partial charge in [-0.25, -0.2) is 0 Å². The molecule has 0 saturated heterocycles. The number of hydrogen-bond acceptors (Lipinski definition) is 2. The van der Waals surface area contributed by atoms with Gasteiger partial charge in [0.1, 0.15) is 0 Å². The maximum Gasteiger partial charge on any atom is 0.0625 e. The fourth-order valence-electron chi connectivity index (χ4n) is 1.98. The zero-order valence-corrected chi connectivity index (χ0v) is 9.95. The summed E-state index contributed by atoms with van der Waals surface area (Å²) in [6, 6.07) is 2.20. The van der Waals surface area contributed by atoms with Crippen molar-refractivity contribution in [3.63, 3.8) is 0 Å². The molecule has 2 rings (SSSR count). The molecule has 2 unspecified atom stereocenters. The third-order valence-electron chi connectivity index (χ3n) is 3.38. The molecule has 1 aromatic heterocycles. The Balaban J connectivity index is 1.79. The Bertz CT molecular complexity index is 330. The number of nitrogens with one attached hydrogen (secondary N) is 1. The van der Waals surface area contributed by atoms with E-state index in [1.54, 1.807) is 0 Å². The van der Waals surface area contributed by atoms with Gasteiger partial charge in [0.25, 0.3) is 0 Å². The van der Waals surface area contributed by atoms with Crippen LogP contribution < -0.4 is 5.32 Å². The van der Waals surface area contributed by atoms with Crippen LogP contribution in [0.3, 0.4) is 0 Å². The summed E-state index contributed by atoms with van der Waals surface area (Å²) in [4.78, 5) is 0. The van der Waals surface area contributed by atoms with Crippen molar-refractivity contribution >= 4 is 0 Å². The third kappa shape index (κ3) is 2.59. The van der Waals surface area contributed by atoms with Crippen molar-refractivity contribution in [2.75, 3.05) is 6.54 Å². The van der Waals surface area contributed by atoms with Gasteiger partial charge in [-0.1, -0.05) is 13.8 Å². The third-order valence-corrected chi connectivity index (χ3v) is 3.38. The Labute approximate surface area is 91.9 Å². The van der Waals surface area contributed by atoms with Gasteiger partial charge in [0.2, 0.25) is 0 Å². The van der Waals surface area contributed by atoms with Gasteiger partial charge in [-0.3, -0.25) is 4.68 Å². The van der Waals surface area contributed by atoms with Crippen LogP contribution >= 0.6 is 0 Å². The predicted octanol–water partition coefficient (Wildman–Crippen LogP) is 1.73. The zero-order chi connectivity index (χ0) is 10.8. The van der Waals surface area contributed by atoms with E-state index < -0.39 is 0 Å². The quantitative estimate of drug-likeness (QED) is 0.797. The van der Waals surface area contributed by atoms with Crippen molar-refractivity contribution in [1.29, 1.82) is 0 Å². The molecule has 3 nitrogen and oxygen atoms in total. The first kappa shape index (κ1) is 10.7. The van der Waals surface area contributed by atoms with Crippen LogP contribution in [0, 0.1) is 11.8 Å². The Morgan fingerprint density at radius 1 is 1.60 bits per heavy atom.